The molecule has 0 radical (unpaired) electrons. The number of carboxylic acid groups (broad SMARTS) is 2. The number of hydrogen-bond donors (Lipinski definition) is 7. The van der Waals surface area contributed by atoms with Crippen molar-refractivity contribution >= 4 is 41.4 Å². The van der Waals surface area contributed by atoms with E-state index >= 15 is 0 Å². The second-order valence-electron chi connectivity index (χ2n) is 5.86. The highest BCUT2D eigenvalue weighted by molar-refractivity contribution is 7.98. The Bertz CT molecular complexity index is 588. The third-order valence-corrected chi connectivity index (χ3v) is 4.17. The molecule has 4 unspecified atom stereocenters. The molecule has 0 aromatic carbocycles. The maximum absolute atomic E-state index is 12.3. The normalized spacial score (nSPS) is 14.9. The number of aliphatic hydroxyl groups is 1. The summed E-state index contributed by atoms with van der Waals surface area (Å²) in [5.41, 5.74) is 5.41. The molecule has 0 aliphatic carbocycles. The highest BCUT2D eigenvalue weighted by Gasteiger charge is 2.28. The van der Waals surface area contributed by atoms with Gasteiger partial charge in [-0.3, -0.25) is 19.2 Å². The van der Waals surface area contributed by atoms with Crippen LogP contribution in [0.2, 0.25) is 0 Å². The van der Waals surface area contributed by atoms with Gasteiger partial charge in [0.2, 0.25) is 17.7 Å². The van der Waals surface area contributed by atoms with Crippen molar-refractivity contribution in [3.63, 3.8) is 0 Å². The first kappa shape index (κ1) is 25.6. The van der Waals surface area contributed by atoms with Crippen LogP contribution in [-0.4, -0.2) is 87.8 Å². The number of thioether (sulfide) groups is 1. The van der Waals surface area contributed by atoms with E-state index in [1.54, 1.807) is 6.26 Å². The highest BCUT2D eigenvalue weighted by Crippen LogP contribution is 2.03. The molecular weight excluding hydrogens is 396 g/mol. The van der Waals surface area contributed by atoms with Crippen LogP contribution in [-0.2, 0) is 24.0 Å². The smallest absolute Gasteiger partial charge is 0.328 e. The molecule has 0 aromatic heterocycles. The zero-order chi connectivity index (χ0) is 21.9. The maximum atomic E-state index is 12.3. The second-order valence-corrected chi connectivity index (χ2v) is 6.84. The molecule has 0 spiro atoms. The fraction of sp³-hybridized carbons (Fsp3) is 0.667. The molecule has 0 heterocycles. The lowest BCUT2D eigenvalue weighted by atomic mass is 10.1. The van der Waals surface area contributed by atoms with Crippen LogP contribution in [0.1, 0.15) is 19.8 Å². The van der Waals surface area contributed by atoms with Crippen molar-refractivity contribution < 1.29 is 39.3 Å². The molecule has 28 heavy (non-hydrogen) atoms. The summed E-state index contributed by atoms with van der Waals surface area (Å²) in [6.45, 7) is 0.496. The summed E-state index contributed by atoms with van der Waals surface area (Å²) >= 11 is 1.40. The van der Waals surface area contributed by atoms with Crippen LogP contribution in [0.4, 0.5) is 0 Å². The molecule has 0 saturated carbocycles. The molecule has 0 aliphatic heterocycles. The van der Waals surface area contributed by atoms with Crippen LogP contribution >= 0.6 is 11.8 Å². The van der Waals surface area contributed by atoms with Crippen LogP contribution in [0, 0.1) is 0 Å². The summed E-state index contributed by atoms with van der Waals surface area (Å²) in [6.07, 6.45) is 1.34. The number of carbonyl (C=O) groups is 5. The van der Waals surface area contributed by atoms with Gasteiger partial charge in [0, 0.05) is 0 Å². The molecule has 0 aliphatic rings. The Morgan fingerprint density at radius 1 is 0.964 bits per heavy atom. The van der Waals surface area contributed by atoms with Crippen LogP contribution < -0.4 is 21.7 Å². The van der Waals surface area contributed by atoms with E-state index in [1.165, 1.54) is 18.7 Å². The Labute approximate surface area is 165 Å². The molecule has 12 nitrogen and oxygen atoms in total. The molecule has 13 heteroatoms. The van der Waals surface area contributed by atoms with Crippen LogP contribution in [0.15, 0.2) is 0 Å². The van der Waals surface area contributed by atoms with Gasteiger partial charge in [-0.15, -0.1) is 0 Å². The Morgan fingerprint density at radius 2 is 1.54 bits per heavy atom. The molecule has 0 bridgehead atoms. The minimum absolute atomic E-state index is 0.176. The Hall–Kier alpha value is -2.38. The summed E-state index contributed by atoms with van der Waals surface area (Å²) in [5, 5.41) is 33.3. The minimum Gasteiger partial charge on any atom is -0.481 e. The lowest BCUT2D eigenvalue weighted by molar-refractivity contribution is -0.143. The minimum atomic E-state index is -1.52. The van der Waals surface area contributed by atoms with Gasteiger partial charge in [0.25, 0.3) is 0 Å². The average Bonchev–Trinajstić information content (AvgIpc) is 2.61. The van der Waals surface area contributed by atoms with Crippen LogP contribution in [0.5, 0.6) is 0 Å². The van der Waals surface area contributed by atoms with Gasteiger partial charge in [0.15, 0.2) is 0 Å². The fourth-order valence-corrected chi connectivity index (χ4v) is 2.40. The summed E-state index contributed by atoms with van der Waals surface area (Å²) < 4.78 is 0. The van der Waals surface area contributed by atoms with Gasteiger partial charge in [0.05, 0.1) is 19.1 Å². The number of carbonyl (C=O) groups excluding carboxylic acids is 3. The molecule has 0 aromatic rings. The number of carboxylic acids is 2. The molecule has 3 amide bonds. The highest BCUT2D eigenvalue weighted by atomic mass is 32.2. The van der Waals surface area contributed by atoms with Gasteiger partial charge in [-0.2, -0.15) is 11.8 Å². The monoisotopic (exact) mass is 422 g/mol. The fourth-order valence-electron chi connectivity index (χ4n) is 1.93. The van der Waals surface area contributed by atoms with E-state index < -0.39 is 66.9 Å². The van der Waals surface area contributed by atoms with E-state index in [0.29, 0.717) is 5.75 Å². The van der Waals surface area contributed by atoms with Crippen LogP contribution in [0.3, 0.4) is 0 Å². The number of aliphatic hydroxyl groups excluding tert-OH is 1. The van der Waals surface area contributed by atoms with Crippen molar-refractivity contribution in [2.75, 3.05) is 18.6 Å². The topological polar surface area (TPSA) is 208 Å². The lowest BCUT2D eigenvalue weighted by Crippen LogP contribution is -2.57. The summed E-state index contributed by atoms with van der Waals surface area (Å²) in [6, 6.07) is -5.08. The standard InChI is InChI=1S/C15H26N4O8S/c1-7(17-13(24)8(16)5-11(21)22)12(23)18-9(3-4-28-2)14(25)19-10(6-20)15(26)27/h7-10,20H,3-6,16H2,1-2H3,(H,17,24)(H,18,23)(H,19,25)(H,21,22)(H,26,27). The Kier molecular flexibility index (Phi) is 11.8. The van der Waals surface area contributed by atoms with Gasteiger partial charge in [0.1, 0.15) is 18.1 Å². The number of amides is 3. The van der Waals surface area contributed by atoms with Gasteiger partial charge < -0.3 is 37.0 Å². The average molecular weight is 422 g/mol. The first-order valence-corrected chi connectivity index (χ1v) is 9.63. The molecule has 4 atom stereocenters. The van der Waals surface area contributed by atoms with Gasteiger partial charge in [-0.05, 0) is 25.4 Å². The third kappa shape index (κ3) is 9.53. The zero-order valence-corrected chi connectivity index (χ0v) is 16.3. The molecular formula is C15H26N4O8S. The van der Waals surface area contributed by atoms with Crippen molar-refractivity contribution in [2.45, 2.75) is 43.9 Å². The van der Waals surface area contributed by atoms with E-state index in [9.17, 15) is 24.0 Å². The number of aliphatic carboxylic acids is 2. The van der Waals surface area contributed by atoms with E-state index in [1.807, 2.05) is 0 Å². The number of hydrogen-bond acceptors (Lipinski definition) is 8. The van der Waals surface area contributed by atoms with E-state index in [0.717, 1.165) is 0 Å². The predicted octanol–water partition coefficient (Wildman–Crippen LogP) is -2.91. The largest absolute Gasteiger partial charge is 0.481 e. The van der Waals surface area contributed by atoms with Gasteiger partial charge in [-0.25, -0.2) is 4.79 Å². The first-order chi connectivity index (χ1) is 13.0. The quantitative estimate of drug-likeness (QED) is 0.161. The molecule has 0 saturated heterocycles. The second kappa shape index (κ2) is 12.9. The summed E-state index contributed by atoms with van der Waals surface area (Å²) in [7, 11) is 0. The van der Waals surface area contributed by atoms with Crippen molar-refractivity contribution in [3.05, 3.63) is 0 Å². The predicted molar refractivity (Wildman–Crippen MR) is 99.4 cm³/mol. The van der Waals surface area contributed by atoms with Gasteiger partial charge in [-0.1, -0.05) is 0 Å². The SMILES string of the molecule is CSCCC(NC(=O)C(C)NC(=O)C(N)CC(=O)O)C(=O)NC(CO)C(=O)O. The first-order valence-electron chi connectivity index (χ1n) is 8.24. The molecule has 0 rings (SSSR count). The van der Waals surface area contributed by atoms with E-state index in [-0.39, 0.29) is 6.42 Å². The maximum Gasteiger partial charge on any atom is 0.328 e. The van der Waals surface area contributed by atoms with Crippen molar-refractivity contribution in [3.8, 4) is 0 Å². The van der Waals surface area contributed by atoms with E-state index in [4.69, 9.17) is 21.1 Å². The summed E-state index contributed by atoms with van der Waals surface area (Å²) in [4.78, 5) is 57.8. The number of rotatable bonds is 13. The van der Waals surface area contributed by atoms with E-state index in [2.05, 4.69) is 16.0 Å². The van der Waals surface area contributed by atoms with Crippen LogP contribution in [0.25, 0.3) is 0 Å². The molecule has 8 N–H and O–H groups in total. The zero-order valence-electron chi connectivity index (χ0n) is 15.5. The molecule has 0 fully saturated rings. The van der Waals surface area contributed by atoms with Crippen molar-refractivity contribution in [1.29, 1.82) is 0 Å². The summed E-state index contributed by atoms with van der Waals surface area (Å²) in [5.74, 6) is -4.62. The lowest BCUT2D eigenvalue weighted by Gasteiger charge is -2.23. The Balaban J connectivity index is 4.94. The number of nitrogens with one attached hydrogen (secondary N) is 3. The number of nitrogens with two attached hydrogens (primary N) is 1. The Morgan fingerprint density at radius 3 is 2.00 bits per heavy atom. The van der Waals surface area contributed by atoms with Gasteiger partial charge >= 0.3 is 11.9 Å². The molecule has 160 valence electrons. The van der Waals surface area contributed by atoms with Crippen molar-refractivity contribution in [2.24, 2.45) is 5.73 Å². The third-order valence-electron chi connectivity index (χ3n) is 3.52. The van der Waals surface area contributed by atoms with Crippen molar-refractivity contribution in [1.82, 2.24) is 16.0 Å².